The van der Waals surface area contributed by atoms with Gasteiger partial charge in [0.1, 0.15) is 6.04 Å². The average molecular weight is 256 g/mol. The van der Waals surface area contributed by atoms with Crippen molar-refractivity contribution in [3.63, 3.8) is 0 Å². The summed E-state index contributed by atoms with van der Waals surface area (Å²) >= 11 is 0. The number of carboxylic acids is 1. The van der Waals surface area contributed by atoms with Crippen molar-refractivity contribution in [3.05, 3.63) is 0 Å². The lowest BCUT2D eigenvalue weighted by molar-refractivity contribution is -0.140. The summed E-state index contributed by atoms with van der Waals surface area (Å²) in [6, 6.07) is -0.423. The summed E-state index contributed by atoms with van der Waals surface area (Å²) in [6.07, 6.45) is 3.20. The Balaban J connectivity index is 2.17. The summed E-state index contributed by atoms with van der Waals surface area (Å²) in [7, 11) is 0. The van der Waals surface area contributed by atoms with E-state index in [1.807, 2.05) is 13.8 Å². The molecule has 0 heterocycles. The molecule has 0 aliphatic heterocycles. The van der Waals surface area contributed by atoms with Gasteiger partial charge in [0.2, 0.25) is 5.91 Å². The van der Waals surface area contributed by atoms with E-state index < -0.39 is 12.0 Å². The predicted octanol–water partition coefficient (Wildman–Crippen LogP) is 1.09. The Hall–Kier alpha value is -1.10. The van der Waals surface area contributed by atoms with Crippen LogP contribution in [0.1, 0.15) is 39.5 Å². The first-order valence-electron chi connectivity index (χ1n) is 6.84. The van der Waals surface area contributed by atoms with Gasteiger partial charge in [0.15, 0.2) is 0 Å². The molecule has 0 aromatic carbocycles. The van der Waals surface area contributed by atoms with Gasteiger partial charge in [0.25, 0.3) is 0 Å². The van der Waals surface area contributed by atoms with Crippen LogP contribution in [0.15, 0.2) is 0 Å². The molecule has 0 spiro atoms. The SMILES string of the molecule is CCN(CC)C(=O)CCCNC(C(=O)O)C1CC1. The van der Waals surface area contributed by atoms with Crippen LogP contribution in [-0.4, -0.2) is 47.6 Å². The number of hydrogen-bond acceptors (Lipinski definition) is 3. The molecule has 1 aliphatic carbocycles. The number of aliphatic carboxylic acids is 1. The topological polar surface area (TPSA) is 69.6 Å². The molecule has 2 N–H and O–H groups in total. The van der Waals surface area contributed by atoms with E-state index in [9.17, 15) is 9.59 Å². The van der Waals surface area contributed by atoms with E-state index >= 15 is 0 Å². The first-order valence-corrected chi connectivity index (χ1v) is 6.84. The fourth-order valence-electron chi connectivity index (χ4n) is 2.12. The smallest absolute Gasteiger partial charge is 0.320 e. The molecule has 1 unspecified atom stereocenters. The maximum Gasteiger partial charge on any atom is 0.320 e. The molecule has 104 valence electrons. The molecule has 0 aromatic heterocycles. The fourth-order valence-corrected chi connectivity index (χ4v) is 2.12. The molecular weight excluding hydrogens is 232 g/mol. The van der Waals surface area contributed by atoms with Crippen LogP contribution in [0.5, 0.6) is 0 Å². The van der Waals surface area contributed by atoms with Crippen LogP contribution in [0, 0.1) is 5.92 Å². The van der Waals surface area contributed by atoms with Crippen LogP contribution in [0.4, 0.5) is 0 Å². The van der Waals surface area contributed by atoms with Gasteiger partial charge in [0, 0.05) is 19.5 Å². The fraction of sp³-hybridized carbons (Fsp3) is 0.846. The monoisotopic (exact) mass is 256 g/mol. The minimum absolute atomic E-state index is 0.153. The van der Waals surface area contributed by atoms with Crippen LogP contribution < -0.4 is 5.32 Å². The van der Waals surface area contributed by atoms with Gasteiger partial charge in [0.05, 0.1) is 0 Å². The van der Waals surface area contributed by atoms with Gasteiger partial charge in [-0.3, -0.25) is 9.59 Å². The number of nitrogens with zero attached hydrogens (tertiary/aromatic N) is 1. The Kier molecular flexibility index (Phi) is 6.12. The number of carboxylic acid groups (broad SMARTS) is 1. The number of hydrogen-bond donors (Lipinski definition) is 2. The molecule has 1 amide bonds. The molecule has 5 heteroatoms. The highest BCUT2D eigenvalue weighted by Crippen LogP contribution is 2.32. The van der Waals surface area contributed by atoms with Gasteiger partial charge in [-0.05, 0) is 45.6 Å². The lowest BCUT2D eigenvalue weighted by Crippen LogP contribution is -2.39. The molecule has 0 radical (unpaired) electrons. The Morgan fingerprint density at radius 1 is 1.33 bits per heavy atom. The van der Waals surface area contributed by atoms with Gasteiger partial charge >= 0.3 is 5.97 Å². The van der Waals surface area contributed by atoms with E-state index in [0.717, 1.165) is 25.9 Å². The predicted molar refractivity (Wildman–Crippen MR) is 69.3 cm³/mol. The third-order valence-electron chi connectivity index (χ3n) is 3.41. The van der Waals surface area contributed by atoms with E-state index in [1.165, 1.54) is 0 Å². The highest BCUT2D eigenvalue weighted by molar-refractivity contribution is 5.76. The van der Waals surface area contributed by atoms with Gasteiger partial charge in [-0.2, -0.15) is 0 Å². The largest absolute Gasteiger partial charge is 0.480 e. The maximum atomic E-state index is 11.7. The van der Waals surface area contributed by atoms with Crippen LogP contribution >= 0.6 is 0 Å². The lowest BCUT2D eigenvalue weighted by atomic mass is 10.2. The highest BCUT2D eigenvalue weighted by atomic mass is 16.4. The third-order valence-corrected chi connectivity index (χ3v) is 3.41. The maximum absolute atomic E-state index is 11.7. The van der Waals surface area contributed by atoms with Gasteiger partial charge in [-0.15, -0.1) is 0 Å². The van der Waals surface area contributed by atoms with E-state index in [-0.39, 0.29) is 5.91 Å². The summed E-state index contributed by atoms with van der Waals surface area (Å²) in [6.45, 7) is 6.01. The van der Waals surface area contributed by atoms with Crippen molar-refractivity contribution in [2.45, 2.75) is 45.6 Å². The molecule has 1 saturated carbocycles. The second-order valence-corrected chi connectivity index (χ2v) is 4.78. The zero-order valence-corrected chi connectivity index (χ0v) is 11.3. The quantitative estimate of drug-likeness (QED) is 0.606. The van der Waals surface area contributed by atoms with Gasteiger partial charge in [-0.25, -0.2) is 0 Å². The Morgan fingerprint density at radius 2 is 1.94 bits per heavy atom. The third kappa shape index (κ3) is 4.64. The van der Waals surface area contributed by atoms with Crippen molar-refractivity contribution in [2.75, 3.05) is 19.6 Å². The number of nitrogens with one attached hydrogen (secondary N) is 1. The zero-order valence-electron chi connectivity index (χ0n) is 11.3. The van der Waals surface area contributed by atoms with Gasteiger partial charge in [-0.1, -0.05) is 0 Å². The lowest BCUT2D eigenvalue weighted by Gasteiger charge is -2.19. The van der Waals surface area contributed by atoms with Crippen LogP contribution in [-0.2, 0) is 9.59 Å². The molecule has 0 bridgehead atoms. The summed E-state index contributed by atoms with van der Waals surface area (Å²) in [5.74, 6) is -0.325. The molecule has 5 nitrogen and oxygen atoms in total. The zero-order chi connectivity index (χ0) is 13.5. The summed E-state index contributed by atoms with van der Waals surface area (Å²) in [4.78, 5) is 24.5. The van der Waals surface area contributed by atoms with Crippen LogP contribution in [0.3, 0.4) is 0 Å². The molecule has 1 aliphatic rings. The standard InChI is InChI=1S/C13H24N2O3/c1-3-15(4-2)11(16)6-5-9-14-12(13(17)18)10-7-8-10/h10,12,14H,3-9H2,1-2H3,(H,17,18). The molecule has 0 aromatic rings. The second-order valence-electron chi connectivity index (χ2n) is 4.78. The number of carbonyl (C=O) groups excluding carboxylic acids is 1. The first kappa shape index (κ1) is 15.0. The minimum atomic E-state index is -0.771. The number of carbonyl (C=O) groups is 2. The number of amides is 1. The Morgan fingerprint density at radius 3 is 2.39 bits per heavy atom. The summed E-state index contributed by atoms with van der Waals surface area (Å²) < 4.78 is 0. The van der Waals surface area contributed by atoms with Crippen LogP contribution in [0.2, 0.25) is 0 Å². The molecule has 0 saturated heterocycles. The van der Waals surface area contributed by atoms with Crippen molar-refractivity contribution in [2.24, 2.45) is 5.92 Å². The molecule has 1 atom stereocenters. The Bertz CT molecular complexity index is 286. The normalized spacial score (nSPS) is 16.3. The van der Waals surface area contributed by atoms with Crippen molar-refractivity contribution in [1.82, 2.24) is 10.2 Å². The number of rotatable bonds is 9. The molecule has 18 heavy (non-hydrogen) atoms. The minimum Gasteiger partial charge on any atom is -0.480 e. The van der Waals surface area contributed by atoms with E-state index in [4.69, 9.17) is 5.11 Å². The van der Waals surface area contributed by atoms with Crippen molar-refractivity contribution in [3.8, 4) is 0 Å². The van der Waals surface area contributed by atoms with E-state index in [0.29, 0.717) is 25.3 Å². The summed E-state index contributed by atoms with van der Waals surface area (Å²) in [5.41, 5.74) is 0. The van der Waals surface area contributed by atoms with Gasteiger partial charge < -0.3 is 15.3 Å². The molecular formula is C13H24N2O3. The molecule has 1 fully saturated rings. The molecule has 1 rings (SSSR count). The van der Waals surface area contributed by atoms with E-state index in [1.54, 1.807) is 4.90 Å². The van der Waals surface area contributed by atoms with Crippen molar-refractivity contribution < 1.29 is 14.7 Å². The van der Waals surface area contributed by atoms with Crippen molar-refractivity contribution >= 4 is 11.9 Å². The van der Waals surface area contributed by atoms with Crippen LogP contribution in [0.25, 0.3) is 0 Å². The second kappa shape index (κ2) is 7.36. The first-order chi connectivity index (χ1) is 8.60. The van der Waals surface area contributed by atoms with E-state index in [2.05, 4.69) is 5.32 Å². The van der Waals surface area contributed by atoms with Crippen molar-refractivity contribution in [1.29, 1.82) is 0 Å². The highest BCUT2D eigenvalue weighted by Gasteiger charge is 2.35. The summed E-state index contributed by atoms with van der Waals surface area (Å²) in [5, 5.41) is 12.1. The average Bonchev–Trinajstić information content (AvgIpc) is 3.14. The Labute approximate surface area is 109 Å².